The van der Waals surface area contributed by atoms with Gasteiger partial charge in [0.1, 0.15) is 12.7 Å². The Morgan fingerprint density at radius 1 is 1.19 bits per heavy atom. The first-order valence-electron chi connectivity index (χ1n) is 10.4. The van der Waals surface area contributed by atoms with E-state index >= 15 is 0 Å². The number of morpholine rings is 1. The summed E-state index contributed by atoms with van der Waals surface area (Å²) in [6, 6.07) is 11.4. The maximum atomic E-state index is 12.4. The van der Waals surface area contributed by atoms with Gasteiger partial charge < -0.3 is 19.5 Å². The summed E-state index contributed by atoms with van der Waals surface area (Å²) in [4.78, 5) is 14.7. The molecule has 1 aliphatic heterocycles. The van der Waals surface area contributed by atoms with Crippen molar-refractivity contribution in [2.24, 2.45) is 0 Å². The van der Waals surface area contributed by atoms with Gasteiger partial charge in [0.15, 0.2) is 11.5 Å². The van der Waals surface area contributed by atoms with Crippen LogP contribution in [0.2, 0.25) is 10.0 Å². The molecule has 4 rings (SSSR count). The Hall–Kier alpha value is -1.99. The van der Waals surface area contributed by atoms with Gasteiger partial charge in [0.05, 0.1) is 24.3 Å². The highest BCUT2D eigenvalue weighted by Crippen LogP contribution is 2.34. The summed E-state index contributed by atoms with van der Waals surface area (Å²) in [6.07, 6.45) is 1.94. The van der Waals surface area contributed by atoms with Crippen molar-refractivity contribution < 1.29 is 19.0 Å². The highest BCUT2D eigenvalue weighted by atomic mass is 35.5. The van der Waals surface area contributed by atoms with Crippen molar-refractivity contribution in [3.8, 4) is 11.5 Å². The molecule has 1 saturated carbocycles. The monoisotopic (exact) mass is 464 g/mol. The van der Waals surface area contributed by atoms with Crippen LogP contribution in [-0.4, -0.2) is 56.4 Å². The number of carbonyl (C=O) groups excluding carboxylic acids is 1. The second kappa shape index (κ2) is 10.1. The fourth-order valence-electron chi connectivity index (χ4n) is 3.53. The van der Waals surface area contributed by atoms with E-state index in [0.29, 0.717) is 35.3 Å². The molecule has 2 aliphatic rings. The molecule has 166 valence electrons. The maximum Gasteiger partial charge on any atom is 0.253 e. The standard InChI is InChI=1S/C23H26Cl2N2O4/c1-29-21-10-19(23(28)26-17-6-7-17)20(25)11-22(21)31-14-18-13-27(8-9-30-18)12-15-2-4-16(24)5-3-15/h2-5,10-11,17-18H,6-9,12-14H2,1H3,(H,26,28). The number of ether oxygens (including phenoxy) is 3. The fraction of sp³-hybridized carbons (Fsp3) is 0.435. The summed E-state index contributed by atoms with van der Waals surface area (Å²) in [6.45, 7) is 3.44. The molecule has 1 aliphatic carbocycles. The van der Waals surface area contributed by atoms with Gasteiger partial charge in [0, 0.05) is 36.8 Å². The van der Waals surface area contributed by atoms with Crippen molar-refractivity contribution in [3.63, 3.8) is 0 Å². The van der Waals surface area contributed by atoms with E-state index in [0.717, 1.165) is 37.5 Å². The van der Waals surface area contributed by atoms with Crippen molar-refractivity contribution in [2.45, 2.75) is 31.5 Å². The van der Waals surface area contributed by atoms with Gasteiger partial charge in [-0.1, -0.05) is 35.3 Å². The lowest BCUT2D eigenvalue weighted by Gasteiger charge is -2.33. The summed E-state index contributed by atoms with van der Waals surface area (Å²) in [5.74, 6) is 0.777. The van der Waals surface area contributed by atoms with Crippen LogP contribution in [0.4, 0.5) is 0 Å². The molecule has 1 unspecified atom stereocenters. The average Bonchev–Trinajstić information content (AvgIpc) is 3.58. The molecular formula is C23H26Cl2N2O4. The number of methoxy groups -OCH3 is 1. The first-order chi connectivity index (χ1) is 15.0. The fourth-order valence-corrected chi connectivity index (χ4v) is 3.89. The molecule has 1 saturated heterocycles. The maximum absolute atomic E-state index is 12.4. The topological polar surface area (TPSA) is 60.0 Å². The minimum Gasteiger partial charge on any atom is -0.493 e. The molecule has 8 heteroatoms. The Labute approximate surface area is 192 Å². The largest absolute Gasteiger partial charge is 0.493 e. The first-order valence-corrected chi connectivity index (χ1v) is 11.2. The minimum atomic E-state index is -0.189. The van der Waals surface area contributed by atoms with Gasteiger partial charge >= 0.3 is 0 Å². The van der Waals surface area contributed by atoms with Gasteiger partial charge in [0.2, 0.25) is 0 Å². The van der Waals surface area contributed by atoms with Crippen LogP contribution in [0.3, 0.4) is 0 Å². The molecule has 1 amide bonds. The summed E-state index contributed by atoms with van der Waals surface area (Å²) in [5.41, 5.74) is 1.60. The summed E-state index contributed by atoms with van der Waals surface area (Å²) in [5, 5.41) is 4.01. The molecule has 1 N–H and O–H groups in total. The predicted molar refractivity (Wildman–Crippen MR) is 120 cm³/mol. The van der Waals surface area contributed by atoms with Crippen LogP contribution in [0.5, 0.6) is 11.5 Å². The molecule has 0 radical (unpaired) electrons. The van der Waals surface area contributed by atoms with Crippen LogP contribution in [-0.2, 0) is 11.3 Å². The molecule has 2 fully saturated rings. The number of halogens is 2. The lowest BCUT2D eigenvalue weighted by atomic mass is 10.1. The van der Waals surface area contributed by atoms with Gasteiger partial charge in [0.25, 0.3) is 5.91 Å². The number of rotatable bonds is 8. The molecule has 1 heterocycles. The lowest BCUT2D eigenvalue weighted by molar-refractivity contribution is -0.0506. The van der Waals surface area contributed by atoms with E-state index in [-0.39, 0.29) is 18.1 Å². The number of carbonyl (C=O) groups is 1. The Bertz CT molecular complexity index is 919. The zero-order chi connectivity index (χ0) is 21.8. The molecule has 6 nitrogen and oxygen atoms in total. The van der Waals surface area contributed by atoms with E-state index in [1.807, 2.05) is 24.3 Å². The third kappa shape index (κ3) is 6.04. The van der Waals surface area contributed by atoms with Crippen molar-refractivity contribution in [1.29, 1.82) is 0 Å². The van der Waals surface area contributed by atoms with E-state index in [2.05, 4.69) is 10.2 Å². The summed E-state index contributed by atoms with van der Waals surface area (Å²) >= 11 is 12.3. The molecule has 0 aromatic heterocycles. The first kappa shape index (κ1) is 22.2. The number of amides is 1. The molecule has 31 heavy (non-hydrogen) atoms. The third-order valence-corrected chi connectivity index (χ3v) is 5.94. The van der Waals surface area contributed by atoms with Crippen LogP contribution >= 0.6 is 23.2 Å². The third-order valence-electron chi connectivity index (χ3n) is 5.38. The number of benzene rings is 2. The highest BCUT2D eigenvalue weighted by molar-refractivity contribution is 6.34. The highest BCUT2D eigenvalue weighted by Gasteiger charge is 2.26. The SMILES string of the molecule is COc1cc(C(=O)NC2CC2)c(Cl)cc1OCC1CN(Cc2ccc(Cl)cc2)CCO1. The van der Waals surface area contributed by atoms with Gasteiger partial charge in [-0.2, -0.15) is 0 Å². The number of nitrogens with one attached hydrogen (secondary N) is 1. The molecule has 0 bridgehead atoms. The number of nitrogens with zero attached hydrogens (tertiary/aromatic N) is 1. The van der Waals surface area contributed by atoms with Crippen molar-refractivity contribution >= 4 is 29.1 Å². The smallest absolute Gasteiger partial charge is 0.253 e. The average molecular weight is 465 g/mol. The molecule has 0 spiro atoms. The number of hydrogen-bond donors (Lipinski definition) is 1. The quantitative estimate of drug-likeness (QED) is 0.634. The van der Waals surface area contributed by atoms with Gasteiger partial charge in [-0.25, -0.2) is 0 Å². The van der Waals surface area contributed by atoms with Crippen LogP contribution in [0.25, 0.3) is 0 Å². The molecule has 2 aromatic rings. The normalized spacial score (nSPS) is 19.1. The molecular weight excluding hydrogens is 439 g/mol. The van der Waals surface area contributed by atoms with Crippen molar-refractivity contribution in [3.05, 3.63) is 57.6 Å². The van der Waals surface area contributed by atoms with E-state index in [9.17, 15) is 4.79 Å². The van der Waals surface area contributed by atoms with Crippen molar-refractivity contribution in [1.82, 2.24) is 10.2 Å². The van der Waals surface area contributed by atoms with Crippen LogP contribution in [0, 0.1) is 0 Å². The zero-order valence-corrected chi connectivity index (χ0v) is 18.9. The minimum absolute atomic E-state index is 0.0811. The Kier molecular flexibility index (Phi) is 7.23. The van der Waals surface area contributed by atoms with Crippen LogP contribution in [0.1, 0.15) is 28.8 Å². The van der Waals surface area contributed by atoms with Crippen molar-refractivity contribution in [2.75, 3.05) is 33.4 Å². The lowest BCUT2D eigenvalue weighted by Crippen LogP contribution is -2.44. The second-order valence-corrected chi connectivity index (χ2v) is 8.74. The molecule has 1 atom stereocenters. The Morgan fingerprint density at radius 2 is 1.97 bits per heavy atom. The van der Waals surface area contributed by atoms with Gasteiger partial charge in [-0.3, -0.25) is 9.69 Å². The van der Waals surface area contributed by atoms with Crippen LogP contribution in [0.15, 0.2) is 36.4 Å². The summed E-state index contributed by atoms with van der Waals surface area (Å²) < 4.78 is 17.3. The van der Waals surface area contributed by atoms with E-state index < -0.39 is 0 Å². The van der Waals surface area contributed by atoms with Gasteiger partial charge in [-0.05, 0) is 36.6 Å². The second-order valence-electron chi connectivity index (χ2n) is 7.90. The van der Waals surface area contributed by atoms with E-state index in [4.69, 9.17) is 37.4 Å². The molecule has 2 aromatic carbocycles. The Morgan fingerprint density at radius 3 is 2.68 bits per heavy atom. The van der Waals surface area contributed by atoms with E-state index in [1.165, 1.54) is 5.56 Å². The Balaban J connectivity index is 1.35. The summed E-state index contributed by atoms with van der Waals surface area (Å²) in [7, 11) is 1.55. The van der Waals surface area contributed by atoms with E-state index in [1.54, 1.807) is 19.2 Å². The zero-order valence-electron chi connectivity index (χ0n) is 17.4. The predicted octanol–water partition coefficient (Wildman–Crippen LogP) is 4.17. The van der Waals surface area contributed by atoms with Crippen LogP contribution < -0.4 is 14.8 Å². The number of hydrogen-bond acceptors (Lipinski definition) is 5. The van der Waals surface area contributed by atoms with Gasteiger partial charge in [-0.15, -0.1) is 0 Å².